The quantitative estimate of drug-likeness (QED) is 0.622. The van der Waals surface area contributed by atoms with Crippen molar-refractivity contribution in [1.29, 1.82) is 0 Å². The number of fused-ring (bicyclic) bond motifs is 1. The number of rotatable bonds is 1. The number of nitrogens with one attached hydrogen (secondary N) is 3. The summed E-state index contributed by atoms with van der Waals surface area (Å²) in [4.78, 5) is 31.0. The highest BCUT2D eigenvalue weighted by Gasteiger charge is 2.41. The van der Waals surface area contributed by atoms with E-state index in [0.717, 1.165) is 38.0 Å². The van der Waals surface area contributed by atoms with E-state index in [1.54, 1.807) is 6.20 Å². The van der Waals surface area contributed by atoms with Crippen LogP contribution in [-0.2, 0) is 10.2 Å². The molecule has 0 radical (unpaired) electrons. The van der Waals surface area contributed by atoms with Crippen LogP contribution in [-0.4, -0.2) is 28.9 Å². The van der Waals surface area contributed by atoms with E-state index in [4.69, 9.17) is 0 Å². The summed E-state index contributed by atoms with van der Waals surface area (Å²) in [6, 6.07) is -1.14. The number of imide groups is 1. The zero-order valence-corrected chi connectivity index (χ0v) is 17.7. The number of amides is 3. The third-order valence-corrected chi connectivity index (χ3v) is 5.72. The van der Waals surface area contributed by atoms with Gasteiger partial charge >= 0.3 is 6.03 Å². The molecule has 3 aliphatic rings. The second-order valence-electron chi connectivity index (χ2n) is 9.34. The van der Waals surface area contributed by atoms with Crippen molar-refractivity contribution < 1.29 is 9.59 Å². The van der Waals surface area contributed by atoms with Gasteiger partial charge in [0.25, 0.3) is 5.91 Å². The highest BCUT2D eigenvalue weighted by atomic mass is 16.2. The van der Waals surface area contributed by atoms with Crippen molar-refractivity contribution in [3.05, 3.63) is 51.8 Å². The summed E-state index contributed by atoms with van der Waals surface area (Å²) in [5, 5.41) is 4.48. The third kappa shape index (κ3) is 3.01. The van der Waals surface area contributed by atoms with E-state index in [1.165, 1.54) is 7.05 Å². The van der Waals surface area contributed by atoms with Crippen LogP contribution < -0.4 is 26.7 Å². The lowest BCUT2D eigenvalue weighted by molar-refractivity contribution is -0.126. The molecule has 0 aromatic carbocycles. The number of aromatic nitrogens is 1. The minimum atomic E-state index is -0.750. The molecular formula is C22H27N5O2. The minimum absolute atomic E-state index is 0.0655. The maximum Gasteiger partial charge on any atom is 0.324 e. The summed E-state index contributed by atoms with van der Waals surface area (Å²) in [7, 11) is 1.50. The second kappa shape index (κ2) is 6.20. The van der Waals surface area contributed by atoms with Gasteiger partial charge in [-0.2, -0.15) is 0 Å². The van der Waals surface area contributed by atoms with Crippen LogP contribution in [0.4, 0.5) is 4.79 Å². The van der Waals surface area contributed by atoms with Gasteiger partial charge < -0.3 is 16.2 Å². The smallest absolute Gasteiger partial charge is 0.322 e. The number of urea groups is 1. The van der Waals surface area contributed by atoms with Crippen molar-refractivity contribution in [1.82, 2.24) is 26.1 Å². The molecule has 1 aromatic heterocycles. The number of hydrogen-bond acceptors (Lipinski definition) is 5. The molecule has 7 nitrogen and oxygen atoms in total. The van der Waals surface area contributed by atoms with Crippen molar-refractivity contribution in [2.24, 2.45) is 5.41 Å². The molecule has 7 heteroatoms. The first-order chi connectivity index (χ1) is 13.5. The molecule has 1 fully saturated rings. The number of nitrogens with zero attached hydrogens (tertiary/aromatic N) is 2. The average molecular weight is 393 g/mol. The van der Waals surface area contributed by atoms with Gasteiger partial charge in [0.2, 0.25) is 0 Å². The molecule has 3 amide bonds. The van der Waals surface area contributed by atoms with Crippen molar-refractivity contribution in [3.63, 3.8) is 0 Å². The Morgan fingerprint density at radius 3 is 2.48 bits per heavy atom. The molecule has 1 aromatic rings. The van der Waals surface area contributed by atoms with E-state index in [2.05, 4.69) is 61.8 Å². The van der Waals surface area contributed by atoms with Gasteiger partial charge in [-0.05, 0) is 17.7 Å². The Bertz CT molecular complexity index is 1110. The molecule has 0 saturated carbocycles. The summed E-state index contributed by atoms with van der Waals surface area (Å²) in [6.07, 6.45) is 9.86. The predicted octanol–water partition coefficient (Wildman–Crippen LogP) is 1.08. The Hall–Kier alpha value is -3.09. The lowest BCUT2D eigenvalue weighted by atomic mass is 9.77. The largest absolute Gasteiger partial charge is 0.324 e. The molecule has 152 valence electrons. The van der Waals surface area contributed by atoms with Crippen molar-refractivity contribution in [3.8, 4) is 0 Å². The van der Waals surface area contributed by atoms with Crippen LogP contribution in [0.3, 0.4) is 0 Å². The van der Waals surface area contributed by atoms with Crippen LogP contribution in [0, 0.1) is 5.41 Å². The Labute approximate surface area is 170 Å². The van der Waals surface area contributed by atoms with Crippen molar-refractivity contribution in [2.45, 2.75) is 46.1 Å². The molecule has 1 atom stereocenters. The number of hydrogen-bond donors (Lipinski definition) is 3. The van der Waals surface area contributed by atoms with Gasteiger partial charge in [-0.25, -0.2) is 4.79 Å². The van der Waals surface area contributed by atoms with Gasteiger partial charge in [0.05, 0.1) is 11.0 Å². The van der Waals surface area contributed by atoms with Crippen molar-refractivity contribution in [2.75, 3.05) is 7.05 Å². The van der Waals surface area contributed by atoms with E-state index in [0.29, 0.717) is 0 Å². The molecule has 29 heavy (non-hydrogen) atoms. The summed E-state index contributed by atoms with van der Waals surface area (Å²) >= 11 is 0. The monoisotopic (exact) mass is 393 g/mol. The third-order valence-electron chi connectivity index (χ3n) is 5.72. The maximum absolute atomic E-state index is 12.9. The minimum Gasteiger partial charge on any atom is -0.322 e. The lowest BCUT2D eigenvalue weighted by Crippen LogP contribution is -2.41. The normalized spacial score (nSPS) is 24.4. The highest BCUT2D eigenvalue weighted by Crippen LogP contribution is 2.32. The van der Waals surface area contributed by atoms with Crippen LogP contribution >= 0.6 is 0 Å². The summed E-state index contributed by atoms with van der Waals surface area (Å²) in [5.74, 6) is -0.262. The first-order valence-corrected chi connectivity index (χ1v) is 9.76. The van der Waals surface area contributed by atoms with E-state index < -0.39 is 12.1 Å². The molecule has 1 saturated heterocycles. The SMILES string of the molecule is CN1C(=O)NC(c2c3c(ncc2=C2C=C(C(C)(C)C)NN2)=CC=CC3(C)C)C1=O. The number of carbonyl (C=O) groups excluding carboxylic acids is 2. The number of pyridine rings is 1. The molecule has 0 spiro atoms. The lowest BCUT2D eigenvalue weighted by Gasteiger charge is -2.28. The fourth-order valence-corrected chi connectivity index (χ4v) is 3.99. The van der Waals surface area contributed by atoms with Crippen LogP contribution in [0.25, 0.3) is 11.8 Å². The van der Waals surface area contributed by atoms with E-state index in [-0.39, 0.29) is 16.7 Å². The summed E-state index contributed by atoms with van der Waals surface area (Å²) < 4.78 is 0. The Morgan fingerprint density at radius 1 is 1.17 bits per heavy atom. The molecule has 0 bridgehead atoms. The van der Waals surface area contributed by atoms with Crippen LogP contribution in [0.2, 0.25) is 0 Å². The molecule has 1 unspecified atom stereocenters. The zero-order chi connectivity index (χ0) is 21.1. The van der Waals surface area contributed by atoms with Gasteiger partial charge in [-0.15, -0.1) is 0 Å². The Balaban J connectivity index is 2.05. The van der Waals surface area contributed by atoms with Gasteiger partial charge in [-0.3, -0.25) is 14.7 Å². The van der Waals surface area contributed by atoms with Gasteiger partial charge in [0.1, 0.15) is 6.04 Å². The Morgan fingerprint density at radius 2 is 1.90 bits per heavy atom. The molecule has 1 aliphatic carbocycles. The van der Waals surface area contributed by atoms with Crippen LogP contribution in [0.5, 0.6) is 0 Å². The average Bonchev–Trinajstić information content (AvgIpc) is 3.22. The predicted molar refractivity (Wildman–Crippen MR) is 111 cm³/mol. The molecule has 4 rings (SSSR count). The summed E-state index contributed by atoms with van der Waals surface area (Å²) in [5.41, 5.74) is 9.69. The molecule has 3 heterocycles. The van der Waals surface area contributed by atoms with Gasteiger partial charge in [0.15, 0.2) is 0 Å². The first-order valence-electron chi connectivity index (χ1n) is 9.76. The highest BCUT2D eigenvalue weighted by molar-refractivity contribution is 6.04. The number of carbonyl (C=O) groups is 2. The number of likely N-dealkylation sites (N-methyl/N-ethyl adjacent to an activating group) is 1. The van der Waals surface area contributed by atoms with Gasteiger partial charge in [0, 0.05) is 40.6 Å². The number of hydrazine groups is 1. The zero-order valence-electron chi connectivity index (χ0n) is 17.7. The number of allylic oxidation sites excluding steroid dienone is 3. The fraction of sp³-hybridized carbons (Fsp3) is 0.409. The van der Waals surface area contributed by atoms with E-state index in [1.807, 2.05) is 18.2 Å². The summed E-state index contributed by atoms with van der Waals surface area (Å²) in [6.45, 7) is 10.6. The molecular weight excluding hydrogens is 366 g/mol. The fourth-order valence-electron chi connectivity index (χ4n) is 3.99. The van der Waals surface area contributed by atoms with Crippen LogP contribution in [0.1, 0.15) is 51.8 Å². The van der Waals surface area contributed by atoms with Crippen molar-refractivity contribution >= 4 is 23.7 Å². The standard InChI is InChI=1S/C22H27N5O2/c1-21(2,3)15-10-14(25-26-15)12-11-23-13-8-7-9-22(4,5)17(13)16(12)18-19(28)27(6)20(29)24-18/h7-11,18,25-26H,1-6H3,(H,24,29). The van der Waals surface area contributed by atoms with Crippen LogP contribution in [0.15, 0.2) is 30.1 Å². The first kappa shape index (κ1) is 19.2. The second-order valence-corrected chi connectivity index (χ2v) is 9.34. The van der Waals surface area contributed by atoms with E-state index in [9.17, 15) is 9.59 Å². The Kier molecular flexibility index (Phi) is 4.12. The molecule has 3 N–H and O–H groups in total. The molecule has 2 aliphatic heterocycles. The van der Waals surface area contributed by atoms with E-state index >= 15 is 0 Å². The maximum atomic E-state index is 12.9. The topological polar surface area (TPSA) is 86.4 Å². The van der Waals surface area contributed by atoms with Gasteiger partial charge in [-0.1, -0.05) is 46.8 Å².